The third-order valence-corrected chi connectivity index (χ3v) is 3.79. The van der Waals surface area contributed by atoms with Gasteiger partial charge in [0.25, 0.3) is 5.89 Å². The minimum Gasteiger partial charge on any atom is -0.416 e. The van der Waals surface area contributed by atoms with Crippen LogP contribution in [0.5, 0.6) is 0 Å². The molecule has 22 heavy (non-hydrogen) atoms. The van der Waals surface area contributed by atoms with Crippen LogP contribution in [0.1, 0.15) is 0 Å². The van der Waals surface area contributed by atoms with Crippen LogP contribution in [0.3, 0.4) is 0 Å². The van der Waals surface area contributed by atoms with E-state index >= 15 is 0 Å². The Bertz CT molecular complexity index is 915. The lowest BCUT2D eigenvalue weighted by molar-refractivity contribution is 0.572. The molecule has 0 unspecified atom stereocenters. The molecular weight excluding hydrogens is 305 g/mol. The Balaban J connectivity index is 1.81. The zero-order valence-electron chi connectivity index (χ0n) is 11.0. The van der Waals surface area contributed by atoms with Gasteiger partial charge in [0.15, 0.2) is 0 Å². The maximum absolute atomic E-state index is 13.6. The summed E-state index contributed by atoms with van der Waals surface area (Å²) in [5.74, 6) is 0.0820. The van der Waals surface area contributed by atoms with Gasteiger partial charge in [-0.1, -0.05) is 17.3 Å². The fourth-order valence-corrected chi connectivity index (χ4v) is 2.73. The van der Waals surface area contributed by atoms with Crippen molar-refractivity contribution in [2.45, 2.75) is 0 Å². The molecule has 0 aliphatic rings. The van der Waals surface area contributed by atoms with E-state index < -0.39 is 0 Å². The van der Waals surface area contributed by atoms with Gasteiger partial charge in [-0.05, 0) is 12.1 Å². The molecule has 0 bridgehead atoms. The molecule has 0 saturated carbocycles. The molecule has 6 nitrogen and oxygen atoms in total. The van der Waals surface area contributed by atoms with Crippen molar-refractivity contribution >= 4 is 11.3 Å². The van der Waals surface area contributed by atoms with Gasteiger partial charge in [0.05, 0.1) is 29.2 Å². The predicted molar refractivity (Wildman–Crippen MR) is 77.9 cm³/mol. The minimum atomic E-state index is -0.371. The van der Waals surface area contributed by atoms with Gasteiger partial charge in [-0.3, -0.25) is 0 Å². The smallest absolute Gasteiger partial charge is 0.251 e. The summed E-state index contributed by atoms with van der Waals surface area (Å²) in [4.78, 5) is 0. The highest BCUT2D eigenvalue weighted by molar-refractivity contribution is 7.08. The van der Waals surface area contributed by atoms with Crippen LogP contribution >= 0.6 is 11.3 Å². The predicted octanol–water partition coefficient (Wildman–Crippen LogP) is 3.18. The number of benzene rings is 1. The first kappa shape index (κ1) is 12.8. The fourth-order valence-electron chi connectivity index (χ4n) is 2.07. The van der Waals surface area contributed by atoms with Crippen molar-refractivity contribution < 1.29 is 8.81 Å². The van der Waals surface area contributed by atoms with E-state index in [1.165, 1.54) is 16.7 Å². The molecule has 108 valence electrons. The van der Waals surface area contributed by atoms with Gasteiger partial charge in [-0.15, -0.1) is 26.6 Å². The summed E-state index contributed by atoms with van der Waals surface area (Å²) in [6.07, 6.45) is 3.30. The second kappa shape index (κ2) is 5.15. The van der Waals surface area contributed by atoms with Crippen LogP contribution in [0.2, 0.25) is 0 Å². The normalized spacial score (nSPS) is 11.0. The average molecular weight is 313 g/mol. The molecule has 0 spiro atoms. The quantitative estimate of drug-likeness (QED) is 0.581. The molecule has 0 N–H and O–H groups in total. The Kier molecular flexibility index (Phi) is 3.01. The topological polar surface area (TPSA) is 69.6 Å². The molecule has 0 fully saturated rings. The first-order valence-corrected chi connectivity index (χ1v) is 7.29. The van der Waals surface area contributed by atoms with Crippen molar-refractivity contribution in [1.29, 1.82) is 0 Å². The maximum Gasteiger partial charge on any atom is 0.251 e. The van der Waals surface area contributed by atoms with Crippen LogP contribution < -0.4 is 0 Å². The fraction of sp³-hybridized carbons (Fsp3) is 0. The highest BCUT2D eigenvalue weighted by atomic mass is 32.1. The van der Waals surface area contributed by atoms with E-state index in [0.29, 0.717) is 17.0 Å². The molecule has 0 aliphatic carbocycles. The third-order valence-electron chi connectivity index (χ3n) is 3.07. The van der Waals surface area contributed by atoms with Gasteiger partial charge in [0.1, 0.15) is 5.82 Å². The van der Waals surface area contributed by atoms with Crippen molar-refractivity contribution in [2.24, 2.45) is 0 Å². The first-order chi connectivity index (χ1) is 10.8. The number of hydrogen-bond donors (Lipinski definition) is 0. The molecule has 0 aliphatic heterocycles. The number of thiophene rings is 1. The van der Waals surface area contributed by atoms with Crippen LogP contribution in [0.4, 0.5) is 4.39 Å². The van der Waals surface area contributed by atoms with Gasteiger partial charge in [-0.25, -0.2) is 9.07 Å². The van der Waals surface area contributed by atoms with Crippen molar-refractivity contribution in [1.82, 2.24) is 25.2 Å². The molecule has 3 heterocycles. The number of hydrogen-bond acceptors (Lipinski definition) is 6. The first-order valence-electron chi connectivity index (χ1n) is 6.34. The lowest BCUT2D eigenvalue weighted by Gasteiger charge is -2.04. The van der Waals surface area contributed by atoms with Crippen LogP contribution in [0.15, 0.2) is 51.8 Å². The molecule has 4 rings (SSSR count). The Morgan fingerprint density at radius 2 is 1.86 bits per heavy atom. The van der Waals surface area contributed by atoms with E-state index in [1.54, 1.807) is 22.5 Å². The molecule has 4 aromatic rings. The Hall–Kier alpha value is -2.87. The van der Waals surface area contributed by atoms with Crippen molar-refractivity contribution in [3.63, 3.8) is 0 Å². The van der Waals surface area contributed by atoms with Crippen LogP contribution in [0.25, 0.3) is 28.6 Å². The van der Waals surface area contributed by atoms with Gasteiger partial charge in [0, 0.05) is 10.8 Å². The molecule has 0 saturated heterocycles. The largest absolute Gasteiger partial charge is 0.416 e. The monoisotopic (exact) mass is 313 g/mol. The van der Waals surface area contributed by atoms with Gasteiger partial charge in [-0.2, -0.15) is 0 Å². The molecule has 0 atom stereocenters. The number of halogens is 1. The number of aromatic nitrogens is 5. The van der Waals surface area contributed by atoms with E-state index in [2.05, 4.69) is 20.5 Å². The van der Waals surface area contributed by atoms with Crippen molar-refractivity contribution in [3.05, 3.63) is 53.2 Å². The highest BCUT2D eigenvalue weighted by Gasteiger charge is 2.17. The SMILES string of the molecule is Fc1cscc1-c1nnc(-c2ccccc2-n2ccnn2)o1. The summed E-state index contributed by atoms with van der Waals surface area (Å²) in [5, 5.41) is 18.7. The lowest BCUT2D eigenvalue weighted by atomic mass is 10.2. The maximum atomic E-state index is 13.6. The number of rotatable bonds is 3. The summed E-state index contributed by atoms with van der Waals surface area (Å²) in [5.41, 5.74) is 1.75. The molecule has 0 amide bonds. The Morgan fingerprint density at radius 3 is 2.59 bits per heavy atom. The third kappa shape index (κ3) is 2.09. The summed E-state index contributed by atoms with van der Waals surface area (Å²) >= 11 is 1.24. The Labute approximate surface area is 127 Å². The summed E-state index contributed by atoms with van der Waals surface area (Å²) < 4.78 is 20.8. The van der Waals surface area contributed by atoms with Gasteiger partial charge in [0.2, 0.25) is 5.89 Å². The van der Waals surface area contributed by atoms with Crippen LogP contribution in [-0.4, -0.2) is 25.2 Å². The molecule has 8 heteroatoms. The summed E-state index contributed by atoms with van der Waals surface area (Å²) in [6.45, 7) is 0. The van der Waals surface area contributed by atoms with E-state index in [-0.39, 0.29) is 11.7 Å². The standard InChI is InChI=1S/C14H8FN5OS/c15-11-8-22-7-10(11)14-18-17-13(21-14)9-3-1-2-4-12(9)20-6-5-16-19-20/h1-8H. The lowest BCUT2D eigenvalue weighted by Crippen LogP contribution is -1.97. The van der Waals surface area contributed by atoms with E-state index in [0.717, 1.165) is 5.69 Å². The molecule has 3 aromatic heterocycles. The van der Waals surface area contributed by atoms with Crippen molar-refractivity contribution in [2.75, 3.05) is 0 Å². The van der Waals surface area contributed by atoms with E-state index in [1.807, 2.05) is 24.3 Å². The van der Waals surface area contributed by atoms with Gasteiger partial charge < -0.3 is 4.42 Å². The number of para-hydroxylation sites is 1. The van der Waals surface area contributed by atoms with E-state index in [4.69, 9.17) is 4.42 Å². The van der Waals surface area contributed by atoms with E-state index in [9.17, 15) is 4.39 Å². The average Bonchev–Trinajstić information content (AvgIpc) is 3.28. The molecular formula is C14H8FN5OS. The molecule has 0 radical (unpaired) electrons. The second-order valence-electron chi connectivity index (χ2n) is 4.41. The minimum absolute atomic E-state index is 0.155. The van der Waals surface area contributed by atoms with Crippen molar-refractivity contribution in [3.8, 4) is 28.6 Å². The molecule has 1 aromatic carbocycles. The summed E-state index contributed by atoms with van der Waals surface area (Å²) in [7, 11) is 0. The Morgan fingerprint density at radius 1 is 1.05 bits per heavy atom. The number of nitrogens with zero attached hydrogens (tertiary/aromatic N) is 5. The zero-order valence-corrected chi connectivity index (χ0v) is 11.9. The van der Waals surface area contributed by atoms with Crippen LogP contribution in [0, 0.1) is 5.82 Å². The van der Waals surface area contributed by atoms with Crippen LogP contribution in [-0.2, 0) is 0 Å². The van der Waals surface area contributed by atoms with Gasteiger partial charge >= 0.3 is 0 Å². The highest BCUT2D eigenvalue weighted by Crippen LogP contribution is 2.30. The summed E-state index contributed by atoms with van der Waals surface area (Å²) in [6, 6.07) is 7.42. The zero-order chi connectivity index (χ0) is 14.9. The second-order valence-corrected chi connectivity index (χ2v) is 5.15.